The van der Waals surface area contributed by atoms with Crippen LogP contribution in [0.15, 0.2) is 22.7 Å². The predicted octanol–water partition coefficient (Wildman–Crippen LogP) is 2.92. The highest BCUT2D eigenvalue weighted by molar-refractivity contribution is 9.10. The molecular formula is C13H16BrClN2O. The molecule has 1 fully saturated rings. The topological polar surface area (TPSA) is 32.3 Å². The Morgan fingerprint density at radius 3 is 2.89 bits per heavy atom. The quantitative estimate of drug-likeness (QED) is 0.858. The van der Waals surface area contributed by atoms with E-state index in [1.807, 2.05) is 4.90 Å². The molecule has 2 rings (SSSR count). The van der Waals surface area contributed by atoms with Gasteiger partial charge in [0.15, 0.2) is 0 Å². The van der Waals surface area contributed by atoms with Gasteiger partial charge in [-0.05, 0) is 48.0 Å². The zero-order valence-electron chi connectivity index (χ0n) is 10.4. The van der Waals surface area contributed by atoms with E-state index in [1.165, 1.54) is 0 Å². The normalized spacial score (nSPS) is 24.1. The maximum Gasteiger partial charge on any atom is 0.255 e. The first-order valence-corrected chi connectivity index (χ1v) is 7.15. The summed E-state index contributed by atoms with van der Waals surface area (Å²) in [5.74, 6) is 0.0550. The minimum absolute atomic E-state index is 0.0550. The summed E-state index contributed by atoms with van der Waals surface area (Å²) in [7, 11) is 0. The third-order valence-electron chi connectivity index (χ3n) is 3.19. The van der Waals surface area contributed by atoms with Gasteiger partial charge in [-0.1, -0.05) is 11.6 Å². The minimum atomic E-state index is 0.0550. The van der Waals surface area contributed by atoms with Crippen LogP contribution in [0.25, 0.3) is 0 Å². The van der Waals surface area contributed by atoms with E-state index < -0.39 is 0 Å². The standard InChI is InChI=1S/C13H16BrClN2O/c1-8-7-17(9(2)6-16-8)13(18)11-4-3-10(15)5-12(11)14/h3-5,8-9,16H,6-7H2,1-2H3. The van der Waals surface area contributed by atoms with Crippen LogP contribution in [0.3, 0.4) is 0 Å². The number of nitrogens with one attached hydrogen (secondary N) is 1. The molecule has 1 aliphatic heterocycles. The van der Waals surface area contributed by atoms with E-state index in [-0.39, 0.29) is 11.9 Å². The van der Waals surface area contributed by atoms with Crippen molar-refractivity contribution in [2.24, 2.45) is 0 Å². The molecule has 1 saturated heterocycles. The summed E-state index contributed by atoms with van der Waals surface area (Å²) in [5.41, 5.74) is 0.667. The summed E-state index contributed by atoms with van der Waals surface area (Å²) in [6.45, 7) is 5.71. The Balaban J connectivity index is 2.24. The van der Waals surface area contributed by atoms with Crippen LogP contribution in [0, 0.1) is 0 Å². The van der Waals surface area contributed by atoms with Gasteiger partial charge in [0.05, 0.1) is 5.56 Å². The van der Waals surface area contributed by atoms with Gasteiger partial charge >= 0.3 is 0 Å². The highest BCUT2D eigenvalue weighted by Gasteiger charge is 2.28. The number of nitrogens with zero attached hydrogens (tertiary/aromatic N) is 1. The number of halogens is 2. The van der Waals surface area contributed by atoms with Gasteiger partial charge in [-0.3, -0.25) is 4.79 Å². The summed E-state index contributed by atoms with van der Waals surface area (Å²) in [6, 6.07) is 5.81. The predicted molar refractivity (Wildman–Crippen MR) is 77.1 cm³/mol. The maximum atomic E-state index is 12.5. The molecule has 18 heavy (non-hydrogen) atoms. The Hall–Kier alpha value is -0.580. The van der Waals surface area contributed by atoms with E-state index in [9.17, 15) is 4.79 Å². The lowest BCUT2D eigenvalue weighted by molar-refractivity contribution is 0.0615. The van der Waals surface area contributed by atoms with Gasteiger partial charge in [-0.15, -0.1) is 0 Å². The van der Waals surface area contributed by atoms with E-state index in [0.29, 0.717) is 16.6 Å². The van der Waals surface area contributed by atoms with Gasteiger partial charge in [0.1, 0.15) is 0 Å². The van der Waals surface area contributed by atoms with Crippen LogP contribution in [0.1, 0.15) is 24.2 Å². The first-order chi connectivity index (χ1) is 8.49. The molecule has 1 heterocycles. The van der Waals surface area contributed by atoms with Gasteiger partial charge in [0.25, 0.3) is 5.91 Å². The zero-order chi connectivity index (χ0) is 13.3. The van der Waals surface area contributed by atoms with Crippen molar-refractivity contribution < 1.29 is 4.79 Å². The van der Waals surface area contributed by atoms with Crippen LogP contribution in [-0.2, 0) is 0 Å². The molecule has 1 amide bonds. The lowest BCUT2D eigenvalue weighted by Crippen LogP contribution is -2.56. The summed E-state index contributed by atoms with van der Waals surface area (Å²) < 4.78 is 0.749. The molecular weight excluding hydrogens is 316 g/mol. The second kappa shape index (κ2) is 5.59. The molecule has 0 saturated carbocycles. The van der Waals surface area contributed by atoms with Crippen molar-refractivity contribution in [2.45, 2.75) is 25.9 Å². The third-order valence-corrected chi connectivity index (χ3v) is 4.08. The molecule has 0 bridgehead atoms. The number of rotatable bonds is 1. The van der Waals surface area contributed by atoms with Gasteiger partial charge in [0.2, 0.25) is 0 Å². The number of piperazine rings is 1. The summed E-state index contributed by atoms with van der Waals surface area (Å²) in [5, 5.41) is 3.99. The van der Waals surface area contributed by atoms with Crippen molar-refractivity contribution in [1.29, 1.82) is 0 Å². The lowest BCUT2D eigenvalue weighted by Gasteiger charge is -2.37. The molecule has 0 aromatic heterocycles. The fraction of sp³-hybridized carbons (Fsp3) is 0.462. The molecule has 0 aliphatic carbocycles. The fourth-order valence-electron chi connectivity index (χ4n) is 2.12. The van der Waals surface area contributed by atoms with Crippen LogP contribution in [0.5, 0.6) is 0 Å². The molecule has 0 spiro atoms. The number of hydrogen-bond donors (Lipinski definition) is 1. The fourth-order valence-corrected chi connectivity index (χ4v) is 2.97. The van der Waals surface area contributed by atoms with Crippen LogP contribution >= 0.6 is 27.5 Å². The molecule has 1 aromatic carbocycles. The van der Waals surface area contributed by atoms with Crippen LogP contribution in [-0.4, -0.2) is 36.0 Å². The maximum absolute atomic E-state index is 12.5. The van der Waals surface area contributed by atoms with Gasteiger partial charge < -0.3 is 10.2 Å². The molecule has 2 unspecified atom stereocenters. The summed E-state index contributed by atoms with van der Waals surface area (Å²) in [6.07, 6.45) is 0. The highest BCUT2D eigenvalue weighted by atomic mass is 79.9. The van der Waals surface area contributed by atoms with Crippen molar-refractivity contribution in [3.63, 3.8) is 0 Å². The third kappa shape index (κ3) is 2.87. The monoisotopic (exact) mass is 330 g/mol. The SMILES string of the molecule is CC1CN(C(=O)c2ccc(Cl)cc2Br)C(C)CN1. The summed E-state index contributed by atoms with van der Waals surface area (Å²) in [4.78, 5) is 14.4. The first-order valence-electron chi connectivity index (χ1n) is 5.98. The van der Waals surface area contributed by atoms with Gasteiger partial charge in [0, 0.05) is 34.7 Å². The first kappa shape index (κ1) is 13.8. The molecule has 1 aromatic rings. The number of carbonyl (C=O) groups is 1. The molecule has 1 N–H and O–H groups in total. The van der Waals surface area contributed by atoms with Crippen molar-refractivity contribution in [1.82, 2.24) is 10.2 Å². The Labute approximate surface area is 121 Å². The molecule has 0 radical (unpaired) electrons. The highest BCUT2D eigenvalue weighted by Crippen LogP contribution is 2.24. The Morgan fingerprint density at radius 1 is 1.50 bits per heavy atom. The largest absolute Gasteiger partial charge is 0.333 e. The molecule has 98 valence electrons. The molecule has 3 nitrogen and oxygen atoms in total. The van der Waals surface area contributed by atoms with E-state index >= 15 is 0 Å². The lowest BCUT2D eigenvalue weighted by atomic mass is 10.1. The average molecular weight is 332 g/mol. The smallest absolute Gasteiger partial charge is 0.255 e. The van der Waals surface area contributed by atoms with Crippen molar-refractivity contribution in [3.05, 3.63) is 33.3 Å². The van der Waals surface area contributed by atoms with Gasteiger partial charge in [-0.2, -0.15) is 0 Å². The van der Waals surface area contributed by atoms with E-state index in [1.54, 1.807) is 18.2 Å². The second-order valence-electron chi connectivity index (χ2n) is 4.74. The Morgan fingerprint density at radius 2 is 2.22 bits per heavy atom. The van der Waals surface area contributed by atoms with Crippen LogP contribution < -0.4 is 5.32 Å². The van der Waals surface area contributed by atoms with E-state index in [4.69, 9.17) is 11.6 Å². The number of benzene rings is 1. The van der Waals surface area contributed by atoms with Gasteiger partial charge in [-0.25, -0.2) is 0 Å². The van der Waals surface area contributed by atoms with E-state index in [0.717, 1.165) is 17.6 Å². The Bertz CT molecular complexity index is 466. The van der Waals surface area contributed by atoms with Crippen molar-refractivity contribution in [2.75, 3.05) is 13.1 Å². The number of hydrogen-bond acceptors (Lipinski definition) is 2. The van der Waals surface area contributed by atoms with Crippen molar-refractivity contribution in [3.8, 4) is 0 Å². The van der Waals surface area contributed by atoms with Crippen molar-refractivity contribution >= 4 is 33.4 Å². The summed E-state index contributed by atoms with van der Waals surface area (Å²) >= 11 is 9.30. The number of carbonyl (C=O) groups excluding carboxylic acids is 1. The zero-order valence-corrected chi connectivity index (χ0v) is 12.8. The molecule has 5 heteroatoms. The van der Waals surface area contributed by atoms with Crippen LogP contribution in [0.2, 0.25) is 5.02 Å². The Kier molecular flexibility index (Phi) is 4.30. The van der Waals surface area contributed by atoms with Crippen LogP contribution in [0.4, 0.5) is 0 Å². The second-order valence-corrected chi connectivity index (χ2v) is 6.03. The number of amides is 1. The molecule has 2 atom stereocenters. The molecule has 1 aliphatic rings. The van der Waals surface area contributed by atoms with E-state index in [2.05, 4.69) is 35.1 Å². The minimum Gasteiger partial charge on any atom is -0.333 e. The average Bonchev–Trinajstić information content (AvgIpc) is 2.31.